The second-order valence-corrected chi connectivity index (χ2v) is 8.95. The molecular formula is C22H13Cl2N3O6S. The molecule has 0 unspecified atom stereocenters. The van der Waals surface area contributed by atoms with Crippen molar-refractivity contribution in [2.45, 2.75) is 4.90 Å². The lowest BCUT2D eigenvalue weighted by Crippen LogP contribution is -2.14. The van der Waals surface area contributed by atoms with E-state index in [0.29, 0.717) is 5.56 Å². The number of nitro benzene ring substituents is 1. The summed E-state index contributed by atoms with van der Waals surface area (Å²) in [6, 6.07) is 17.0. The van der Waals surface area contributed by atoms with Crippen LogP contribution in [0.5, 0.6) is 5.75 Å². The molecule has 0 radical (unpaired) electrons. The molecule has 0 aromatic heterocycles. The first-order chi connectivity index (χ1) is 16.1. The average Bonchev–Trinajstić information content (AvgIpc) is 2.81. The summed E-state index contributed by atoms with van der Waals surface area (Å²) >= 11 is 12.0. The van der Waals surface area contributed by atoms with Gasteiger partial charge in [-0.25, -0.2) is 0 Å². The van der Waals surface area contributed by atoms with Crippen molar-refractivity contribution >= 4 is 56.7 Å². The number of nitro groups is 1. The molecule has 34 heavy (non-hydrogen) atoms. The fraction of sp³-hybridized carbons (Fsp3) is 0. The maximum atomic E-state index is 12.5. The average molecular weight is 518 g/mol. The number of hydrogen-bond donors (Lipinski definition) is 1. The van der Waals surface area contributed by atoms with Crippen LogP contribution in [0.1, 0.15) is 5.56 Å². The second kappa shape index (κ2) is 10.4. The molecule has 3 aromatic carbocycles. The Labute approximate surface area is 204 Å². The number of carbonyl (C=O) groups excluding carboxylic acids is 1. The Morgan fingerprint density at radius 3 is 2.18 bits per heavy atom. The Morgan fingerprint density at radius 2 is 1.65 bits per heavy atom. The molecule has 0 aliphatic rings. The summed E-state index contributed by atoms with van der Waals surface area (Å²) in [5.41, 5.74) is -0.372. The fourth-order valence-electron chi connectivity index (χ4n) is 2.66. The van der Waals surface area contributed by atoms with Crippen LogP contribution in [-0.2, 0) is 14.9 Å². The Bertz CT molecular complexity index is 1410. The van der Waals surface area contributed by atoms with Crippen molar-refractivity contribution in [1.82, 2.24) is 0 Å². The molecule has 3 rings (SSSR count). The standard InChI is InChI=1S/C22H13Cl2N3O6S/c23-19-11-16(27(29)30)12-20(24)21(19)26-22(28)15(13-25)10-14-6-8-17(9-7-14)33-34(31,32)18-4-2-1-3-5-18/h1-12H,(H,26,28)/b15-10+. The molecule has 0 bridgehead atoms. The largest absolute Gasteiger partial charge is 0.379 e. The second-order valence-electron chi connectivity index (χ2n) is 6.59. The number of benzene rings is 3. The van der Waals surface area contributed by atoms with Crippen molar-refractivity contribution in [2.24, 2.45) is 0 Å². The van der Waals surface area contributed by atoms with Gasteiger partial charge in [-0.2, -0.15) is 13.7 Å². The summed E-state index contributed by atoms with van der Waals surface area (Å²) in [5.74, 6) is -0.819. The summed E-state index contributed by atoms with van der Waals surface area (Å²) in [6.07, 6.45) is 1.25. The van der Waals surface area contributed by atoms with Gasteiger partial charge in [-0.3, -0.25) is 14.9 Å². The summed E-state index contributed by atoms with van der Waals surface area (Å²) in [5, 5.41) is 22.3. The Kier molecular flexibility index (Phi) is 7.53. The first-order valence-electron chi connectivity index (χ1n) is 9.27. The van der Waals surface area contributed by atoms with E-state index in [9.17, 15) is 28.6 Å². The summed E-state index contributed by atoms with van der Waals surface area (Å²) in [7, 11) is -4.02. The smallest absolute Gasteiger partial charge is 0.339 e. The van der Waals surface area contributed by atoms with E-state index < -0.39 is 20.9 Å². The van der Waals surface area contributed by atoms with E-state index in [1.54, 1.807) is 24.3 Å². The number of hydrogen-bond acceptors (Lipinski definition) is 7. The van der Waals surface area contributed by atoms with Crippen LogP contribution in [0.4, 0.5) is 11.4 Å². The van der Waals surface area contributed by atoms with Crippen LogP contribution in [0.15, 0.2) is 77.2 Å². The van der Waals surface area contributed by atoms with Crippen LogP contribution < -0.4 is 9.50 Å². The van der Waals surface area contributed by atoms with Gasteiger partial charge >= 0.3 is 10.1 Å². The highest BCUT2D eigenvalue weighted by atomic mass is 35.5. The molecule has 0 aliphatic carbocycles. The molecule has 0 aliphatic heterocycles. The van der Waals surface area contributed by atoms with Gasteiger partial charge in [-0.1, -0.05) is 53.5 Å². The molecule has 0 saturated heterocycles. The van der Waals surface area contributed by atoms with Crippen molar-refractivity contribution in [1.29, 1.82) is 5.26 Å². The Balaban J connectivity index is 1.77. The molecule has 0 saturated carbocycles. The zero-order chi connectivity index (χ0) is 24.9. The van der Waals surface area contributed by atoms with Gasteiger partial charge < -0.3 is 9.50 Å². The number of amides is 1. The number of rotatable bonds is 7. The Hall–Kier alpha value is -3.91. The van der Waals surface area contributed by atoms with Gasteiger partial charge in [-0.15, -0.1) is 0 Å². The number of carbonyl (C=O) groups is 1. The van der Waals surface area contributed by atoms with Gasteiger partial charge in [0.1, 0.15) is 22.3 Å². The van der Waals surface area contributed by atoms with Crippen molar-refractivity contribution in [3.63, 3.8) is 0 Å². The molecule has 0 spiro atoms. The third kappa shape index (κ3) is 5.90. The highest BCUT2D eigenvalue weighted by Crippen LogP contribution is 2.35. The van der Waals surface area contributed by atoms with Gasteiger partial charge in [0.2, 0.25) is 0 Å². The van der Waals surface area contributed by atoms with Crippen LogP contribution >= 0.6 is 23.2 Å². The lowest BCUT2D eigenvalue weighted by molar-refractivity contribution is -0.384. The van der Waals surface area contributed by atoms with Gasteiger partial charge in [0.15, 0.2) is 0 Å². The first kappa shape index (κ1) is 24.7. The molecule has 172 valence electrons. The van der Waals surface area contributed by atoms with E-state index in [2.05, 4.69) is 5.32 Å². The third-order valence-electron chi connectivity index (χ3n) is 4.27. The third-order valence-corrected chi connectivity index (χ3v) is 6.13. The molecule has 0 atom stereocenters. The number of nitrogens with one attached hydrogen (secondary N) is 1. The molecule has 0 heterocycles. The zero-order valence-electron chi connectivity index (χ0n) is 16.9. The number of halogens is 2. The molecule has 1 N–H and O–H groups in total. The SMILES string of the molecule is N#C/C(=C\c1ccc(OS(=O)(=O)c2ccccc2)cc1)C(=O)Nc1c(Cl)cc([N+](=O)[O-])cc1Cl. The predicted octanol–water partition coefficient (Wildman–Crippen LogP) is 5.21. The first-order valence-corrected chi connectivity index (χ1v) is 11.4. The topological polar surface area (TPSA) is 139 Å². The maximum Gasteiger partial charge on any atom is 0.339 e. The lowest BCUT2D eigenvalue weighted by atomic mass is 10.1. The van der Waals surface area contributed by atoms with Crippen molar-refractivity contribution < 1.29 is 22.3 Å². The fourth-order valence-corrected chi connectivity index (χ4v) is 4.18. The van der Waals surface area contributed by atoms with E-state index in [1.165, 1.54) is 42.5 Å². The van der Waals surface area contributed by atoms with Gasteiger partial charge in [0.25, 0.3) is 11.6 Å². The summed E-state index contributed by atoms with van der Waals surface area (Å²) in [4.78, 5) is 22.7. The van der Waals surface area contributed by atoms with E-state index in [-0.39, 0.29) is 37.6 Å². The molecule has 3 aromatic rings. The minimum atomic E-state index is -4.02. The monoisotopic (exact) mass is 517 g/mol. The van der Waals surface area contributed by atoms with E-state index >= 15 is 0 Å². The Morgan fingerprint density at radius 1 is 1.06 bits per heavy atom. The molecule has 9 nitrogen and oxygen atoms in total. The molecule has 12 heteroatoms. The van der Waals surface area contributed by atoms with Crippen LogP contribution in [0.25, 0.3) is 6.08 Å². The zero-order valence-corrected chi connectivity index (χ0v) is 19.3. The summed E-state index contributed by atoms with van der Waals surface area (Å²) in [6.45, 7) is 0. The van der Waals surface area contributed by atoms with E-state index in [0.717, 1.165) is 12.1 Å². The number of anilines is 1. The minimum absolute atomic E-state index is 0.00836. The van der Waals surface area contributed by atoms with Crippen LogP contribution in [0, 0.1) is 21.4 Å². The number of non-ortho nitro benzene ring substituents is 1. The van der Waals surface area contributed by atoms with E-state index in [4.69, 9.17) is 27.4 Å². The minimum Gasteiger partial charge on any atom is -0.379 e. The quantitative estimate of drug-likeness (QED) is 0.149. The van der Waals surface area contributed by atoms with Crippen molar-refractivity contribution in [3.05, 3.63) is 98.0 Å². The number of nitriles is 1. The van der Waals surface area contributed by atoms with Crippen LogP contribution in [-0.4, -0.2) is 19.2 Å². The maximum absolute atomic E-state index is 12.5. The summed E-state index contributed by atoms with van der Waals surface area (Å²) < 4.78 is 29.7. The molecular weight excluding hydrogens is 505 g/mol. The van der Waals surface area contributed by atoms with Gasteiger partial charge in [0.05, 0.1) is 20.7 Å². The van der Waals surface area contributed by atoms with Crippen molar-refractivity contribution in [2.75, 3.05) is 5.32 Å². The van der Waals surface area contributed by atoms with E-state index in [1.807, 2.05) is 0 Å². The van der Waals surface area contributed by atoms with Crippen molar-refractivity contribution in [3.8, 4) is 11.8 Å². The predicted molar refractivity (Wildman–Crippen MR) is 126 cm³/mol. The molecule has 0 fully saturated rings. The highest BCUT2D eigenvalue weighted by molar-refractivity contribution is 7.87. The van der Waals surface area contributed by atoms with Crippen LogP contribution in [0.2, 0.25) is 10.0 Å². The normalized spacial score (nSPS) is 11.4. The number of nitrogens with zero attached hydrogens (tertiary/aromatic N) is 2. The lowest BCUT2D eigenvalue weighted by Gasteiger charge is -2.09. The highest BCUT2D eigenvalue weighted by Gasteiger charge is 2.19. The van der Waals surface area contributed by atoms with Gasteiger partial charge in [0, 0.05) is 12.1 Å². The molecule has 1 amide bonds. The van der Waals surface area contributed by atoms with Gasteiger partial charge in [-0.05, 0) is 35.9 Å². The van der Waals surface area contributed by atoms with Crippen LogP contribution in [0.3, 0.4) is 0 Å².